The van der Waals surface area contributed by atoms with Crippen LogP contribution in [0.25, 0.3) is 0 Å². The first-order chi connectivity index (χ1) is 9.88. The minimum Gasteiger partial charge on any atom is -0.381 e. The number of nitrogens with two attached hydrogens (primary N) is 1. The third kappa shape index (κ3) is 2.51. The van der Waals surface area contributed by atoms with E-state index in [1.165, 1.54) is 20.9 Å². The van der Waals surface area contributed by atoms with Gasteiger partial charge >= 0.3 is 0 Å². The fourth-order valence-corrected chi connectivity index (χ4v) is 5.12. The van der Waals surface area contributed by atoms with Crippen LogP contribution in [0, 0.1) is 6.92 Å². The molecule has 0 fully saturated rings. The normalized spacial score (nSPS) is 15.0. The largest absolute Gasteiger partial charge is 0.381 e. The second-order valence-electron chi connectivity index (χ2n) is 5.12. The van der Waals surface area contributed by atoms with Gasteiger partial charge in [-0.05, 0) is 32.6 Å². The molecule has 114 valence electrons. The predicted molar refractivity (Wildman–Crippen MR) is 81.9 cm³/mol. The van der Waals surface area contributed by atoms with Gasteiger partial charge in [-0.2, -0.15) is 5.10 Å². The zero-order valence-electron chi connectivity index (χ0n) is 11.9. The van der Waals surface area contributed by atoms with E-state index < -0.39 is 10.0 Å². The minimum absolute atomic E-state index is 0.00354. The lowest BCUT2D eigenvalue weighted by Crippen LogP contribution is -2.15. The van der Waals surface area contributed by atoms with Crippen LogP contribution in [-0.4, -0.2) is 23.2 Å². The van der Waals surface area contributed by atoms with Gasteiger partial charge in [0.2, 0.25) is 0 Å². The van der Waals surface area contributed by atoms with Crippen LogP contribution in [0.5, 0.6) is 0 Å². The van der Waals surface area contributed by atoms with Crippen molar-refractivity contribution in [1.29, 1.82) is 0 Å². The summed E-state index contributed by atoms with van der Waals surface area (Å²) < 4.78 is 29.0. The molecule has 0 bridgehead atoms. The summed E-state index contributed by atoms with van der Waals surface area (Å²) in [6.45, 7) is 1.67. The lowest BCUT2D eigenvalue weighted by Gasteiger charge is -2.06. The van der Waals surface area contributed by atoms with Crippen LogP contribution in [0.15, 0.2) is 4.90 Å². The maximum absolute atomic E-state index is 12.5. The number of rotatable bonds is 3. The first-order valence-electron chi connectivity index (χ1n) is 6.69. The van der Waals surface area contributed by atoms with E-state index in [4.69, 9.17) is 5.73 Å². The molecule has 7 nitrogen and oxygen atoms in total. The second-order valence-corrected chi connectivity index (χ2v) is 7.83. The molecule has 0 atom stereocenters. The summed E-state index contributed by atoms with van der Waals surface area (Å²) in [5.41, 5.74) is 7.23. The number of aryl methyl sites for hydroxylation is 3. The predicted octanol–water partition coefficient (Wildman–Crippen LogP) is 1.45. The Hall–Kier alpha value is -1.61. The Bertz CT molecular complexity index is 767. The topological polar surface area (TPSA) is 103 Å². The van der Waals surface area contributed by atoms with Crippen molar-refractivity contribution in [2.75, 3.05) is 10.5 Å². The Morgan fingerprint density at radius 3 is 2.67 bits per heavy atom. The van der Waals surface area contributed by atoms with E-state index in [9.17, 15) is 8.42 Å². The fraction of sp³-hybridized carbons (Fsp3) is 0.500. The maximum atomic E-state index is 12.5. The molecular weight excluding hydrogens is 310 g/mol. The van der Waals surface area contributed by atoms with Gasteiger partial charge in [-0.25, -0.2) is 13.4 Å². The summed E-state index contributed by atoms with van der Waals surface area (Å²) in [5, 5.41) is 4.35. The quantitative estimate of drug-likeness (QED) is 0.888. The van der Waals surface area contributed by atoms with Gasteiger partial charge in [0.25, 0.3) is 10.0 Å². The molecule has 0 aromatic carbocycles. The number of nitrogens with zero attached hydrogens (tertiary/aromatic N) is 3. The summed E-state index contributed by atoms with van der Waals surface area (Å²) in [6, 6.07) is 0. The molecule has 3 rings (SSSR count). The number of thiazole rings is 1. The number of aromatic nitrogens is 3. The van der Waals surface area contributed by atoms with Crippen molar-refractivity contribution in [1.82, 2.24) is 14.8 Å². The summed E-state index contributed by atoms with van der Waals surface area (Å²) >= 11 is 1.41. The average Bonchev–Trinajstić information content (AvgIpc) is 2.89. The van der Waals surface area contributed by atoms with E-state index in [0.29, 0.717) is 10.8 Å². The number of anilines is 2. The highest BCUT2D eigenvalue weighted by Crippen LogP contribution is 2.31. The lowest BCUT2D eigenvalue weighted by molar-refractivity contribution is 0.600. The van der Waals surface area contributed by atoms with Crippen LogP contribution in [0.1, 0.15) is 29.1 Å². The van der Waals surface area contributed by atoms with Crippen molar-refractivity contribution in [2.24, 2.45) is 7.05 Å². The van der Waals surface area contributed by atoms with E-state index in [2.05, 4.69) is 14.8 Å². The zero-order valence-corrected chi connectivity index (χ0v) is 13.5. The molecule has 2 heterocycles. The Labute approximate surface area is 127 Å². The third-order valence-electron chi connectivity index (χ3n) is 3.64. The summed E-state index contributed by atoms with van der Waals surface area (Å²) in [5.74, 6) is 0.00354. The molecule has 3 N–H and O–H groups in total. The summed E-state index contributed by atoms with van der Waals surface area (Å²) in [7, 11) is -2.10. The third-order valence-corrected chi connectivity index (χ3v) is 6.35. The van der Waals surface area contributed by atoms with Gasteiger partial charge in [-0.1, -0.05) is 0 Å². The number of fused-ring (bicyclic) bond motifs is 1. The van der Waals surface area contributed by atoms with Gasteiger partial charge < -0.3 is 5.73 Å². The van der Waals surface area contributed by atoms with Crippen molar-refractivity contribution < 1.29 is 8.42 Å². The number of sulfonamides is 1. The van der Waals surface area contributed by atoms with Crippen molar-refractivity contribution in [3.63, 3.8) is 0 Å². The maximum Gasteiger partial charge on any atom is 0.269 e. The molecule has 0 unspecified atom stereocenters. The highest BCUT2D eigenvalue weighted by atomic mass is 32.2. The highest BCUT2D eigenvalue weighted by molar-refractivity contribution is 7.93. The van der Waals surface area contributed by atoms with Crippen LogP contribution < -0.4 is 10.5 Å². The molecule has 0 aliphatic heterocycles. The smallest absolute Gasteiger partial charge is 0.269 e. The minimum atomic E-state index is -3.76. The Balaban J connectivity index is 1.94. The van der Waals surface area contributed by atoms with E-state index in [1.807, 2.05) is 0 Å². The van der Waals surface area contributed by atoms with Crippen molar-refractivity contribution in [3.05, 3.63) is 16.3 Å². The van der Waals surface area contributed by atoms with E-state index in [1.54, 1.807) is 14.0 Å². The van der Waals surface area contributed by atoms with E-state index >= 15 is 0 Å². The van der Waals surface area contributed by atoms with Crippen LogP contribution in [0.4, 0.5) is 10.9 Å². The molecule has 2 aromatic rings. The van der Waals surface area contributed by atoms with E-state index in [0.717, 1.165) is 31.4 Å². The molecule has 21 heavy (non-hydrogen) atoms. The zero-order chi connectivity index (χ0) is 15.2. The molecule has 0 saturated carbocycles. The van der Waals surface area contributed by atoms with Gasteiger partial charge in [0, 0.05) is 11.9 Å². The van der Waals surface area contributed by atoms with Gasteiger partial charge in [-0.15, -0.1) is 11.3 Å². The lowest BCUT2D eigenvalue weighted by atomic mass is 10.0. The molecule has 0 radical (unpaired) electrons. The number of hydrogen-bond donors (Lipinski definition) is 2. The van der Waals surface area contributed by atoms with Crippen LogP contribution >= 0.6 is 11.3 Å². The molecule has 2 aromatic heterocycles. The number of nitrogen functional groups attached to an aromatic ring is 1. The van der Waals surface area contributed by atoms with Crippen LogP contribution in [-0.2, 0) is 29.9 Å². The van der Waals surface area contributed by atoms with Crippen molar-refractivity contribution in [3.8, 4) is 0 Å². The highest BCUT2D eigenvalue weighted by Gasteiger charge is 2.26. The molecule has 9 heteroatoms. The molecule has 1 aliphatic rings. The molecule has 0 amide bonds. The first kappa shape index (κ1) is 14.3. The van der Waals surface area contributed by atoms with Gasteiger partial charge in [-0.3, -0.25) is 9.40 Å². The fourth-order valence-electron chi connectivity index (χ4n) is 2.51. The summed E-state index contributed by atoms with van der Waals surface area (Å²) in [6.07, 6.45) is 4.14. The SMILES string of the molecule is Cc1c(S(=O)(=O)Nc2nc3c(s2)CCCC3)c(N)nn1C. The molecule has 1 aliphatic carbocycles. The monoisotopic (exact) mass is 327 g/mol. The number of nitrogens with one attached hydrogen (secondary N) is 1. The standard InChI is InChI=1S/C12H17N5O2S2/c1-7-10(11(13)15-17(7)2)21(18,19)16-12-14-8-5-3-4-6-9(8)20-12/h3-6H2,1-2H3,(H2,13,15)(H,14,16). The Morgan fingerprint density at radius 1 is 1.33 bits per heavy atom. The Kier molecular flexibility index (Phi) is 3.40. The molecule has 0 saturated heterocycles. The second kappa shape index (κ2) is 4.99. The van der Waals surface area contributed by atoms with Gasteiger partial charge in [0.1, 0.15) is 0 Å². The first-order valence-corrected chi connectivity index (χ1v) is 8.99. The molecule has 0 spiro atoms. The molecular formula is C12H17N5O2S2. The van der Waals surface area contributed by atoms with E-state index in [-0.39, 0.29) is 10.7 Å². The van der Waals surface area contributed by atoms with Gasteiger partial charge in [0.15, 0.2) is 15.8 Å². The average molecular weight is 327 g/mol. The van der Waals surface area contributed by atoms with Crippen LogP contribution in [0.2, 0.25) is 0 Å². The van der Waals surface area contributed by atoms with Crippen molar-refractivity contribution in [2.45, 2.75) is 37.5 Å². The summed E-state index contributed by atoms with van der Waals surface area (Å²) in [4.78, 5) is 5.59. The van der Waals surface area contributed by atoms with Crippen LogP contribution in [0.3, 0.4) is 0 Å². The Morgan fingerprint density at radius 2 is 2.05 bits per heavy atom. The van der Waals surface area contributed by atoms with Crippen molar-refractivity contribution >= 4 is 32.3 Å². The number of hydrogen-bond acceptors (Lipinski definition) is 6. The van der Waals surface area contributed by atoms with Gasteiger partial charge in [0.05, 0.1) is 11.4 Å².